The lowest BCUT2D eigenvalue weighted by Crippen LogP contribution is -2.27. The average Bonchev–Trinajstić information content (AvgIpc) is 3.16. The number of hydrogen-bond donors (Lipinski definition) is 1. The zero-order valence-corrected chi connectivity index (χ0v) is 21.7. The van der Waals surface area contributed by atoms with E-state index in [0.29, 0.717) is 20.7 Å². The maximum absolute atomic E-state index is 12.9. The van der Waals surface area contributed by atoms with Crippen molar-refractivity contribution >= 4 is 63.3 Å². The fraction of sp³-hybridized carbons (Fsp3) is 0.148. The van der Waals surface area contributed by atoms with Gasteiger partial charge < -0.3 is 10.1 Å². The van der Waals surface area contributed by atoms with E-state index in [1.54, 1.807) is 30.3 Å². The van der Waals surface area contributed by atoms with E-state index in [0.717, 1.165) is 28.6 Å². The maximum atomic E-state index is 12.9. The van der Waals surface area contributed by atoms with Gasteiger partial charge >= 0.3 is 0 Å². The number of anilines is 2. The minimum Gasteiger partial charge on any atom is -0.484 e. The number of para-hydroxylation sites is 1. The highest BCUT2D eigenvalue weighted by Crippen LogP contribution is 2.36. The molecule has 10 heteroatoms. The Hall–Kier alpha value is -4.02. The third-order valence-corrected chi connectivity index (χ3v) is 6.82. The molecule has 8 nitrogen and oxygen atoms in total. The van der Waals surface area contributed by atoms with Gasteiger partial charge in [-0.05, 0) is 53.5 Å². The fourth-order valence-corrected chi connectivity index (χ4v) is 4.97. The Morgan fingerprint density at radius 3 is 2.43 bits per heavy atom. The second-order valence-corrected chi connectivity index (χ2v) is 10.1. The normalized spacial score (nSPS) is 14.4. The van der Waals surface area contributed by atoms with E-state index in [1.807, 2.05) is 24.3 Å². The van der Waals surface area contributed by atoms with Crippen molar-refractivity contribution in [2.45, 2.75) is 19.8 Å². The quantitative estimate of drug-likeness (QED) is 0.161. The summed E-state index contributed by atoms with van der Waals surface area (Å²) in [6.07, 6.45) is 1.71. The second-order valence-electron chi connectivity index (χ2n) is 8.44. The monoisotopic (exact) mass is 533 g/mol. The minimum absolute atomic E-state index is 0.0649. The van der Waals surface area contributed by atoms with Crippen LogP contribution in [0, 0.1) is 10.1 Å². The Kier molecular flexibility index (Phi) is 8.00. The highest BCUT2D eigenvalue weighted by atomic mass is 32.2. The first-order valence-corrected chi connectivity index (χ1v) is 12.6. The van der Waals surface area contributed by atoms with Crippen LogP contribution in [-0.2, 0) is 9.59 Å². The Morgan fingerprint density at radius 1 is 1.11 bits per heavy atom. The highest BCUT2D eigenvalue weighted by Gasteiger charge is 2.33. The number of amides is 2. The van der Waals surface area contributed by atoms with Gasteiger partial charge in [0.25, 0.3) is 17.5 Å². The number of benzene rings is 3. The number of rotatable bonds is 8. The molecule has 1 fully saturated rings. The number of thiocarbonyl (C=S) groups is 1. The molecule has 1 N–H and O–H groups in total. The van der Waals surface area contributed by atoms with Gasteiger partial charge in [-0.3, -0.25) is 24.6 Å². The van der Waals surface area contributed by atoms with Crippen molar-refractivity contribution in [3.8, 4) is 5.75 Å². The van der Waals surface area contributed by atoms with Gasteiger partial charge in [-0.25, -0.2) is 0 Å². The van der Waals surface area contributed by atoms with Crippen molar-refractivity contribution < 1.29 is 19.2 Å². The molecule has 0 aromatic heterocycles. The molecule has 1 aliphatic heterocycles. The molecule has 188 valence electrons. The van der Waals surface area contributed by atoms with Gasteiger partial charge in [0.05, 0.1) is 15.5 Å². The molecule has 3 aromatic carbocycles. The molecule has 0 bridgehead atoms. The molecular formula is C27H23N3O5S2. The molecule has 1 saturated heterocycles. The standard InChI is InChI=1S/C27H23N3O5S2/c1-17(2)22-5-3-4-6-23(22)28-25(31)16-35-21-13-7-18(8-14-21)15-24-26(32)29(27(36)37-24)19-9-11-20(12-10-19)30(33)34/h3-15,17H,16H2,1-2H3,(H,28,31)/b24-15-. The number of non-ortho nitro benzene ring substituents is 1. The van der Waals surface area contributed by atoms with Crippen molar-refractivity contribution in [3.05, 3.63) is 98.9 Å². The zero-order chi connectivity index (χ0) is 26.5. The predicted molar refractivity (Wildman–Crippen MR) is 150 cm³/mol. The fourth-order valence-electron chi connectivity index (χ4n) is 3.67. The summed E-state index contributed by atoms with van der Waals surface area (Å²) in [5.74, 6) is 0.233. The first-order chi connectivity index (χ1) is 17.7. The number of nitro groups is 1. The number of carbonyl (C=O) groups is 2. The number of nitrogens with zero attached hydrogens (tertiary/aromatic N) is 2. The Labute approximate surface area is 223 Å². The van der Waals surface area contributed by atoms with Crippen molar-refractivity contribution in [1.29, 1.82) is 0 Å². The lowest BCUT2D eigenvalue weighted by molar-refractivity contribution is -0.384. The summed E-state index contributed by atoms with van der Waals surface area (Å²) in [5.41, 5.74) is 2.98. The molecule has 37 heavy (non-hydrogen) atoms. The molecule has 0 spiro atoms. The summed E-state index contributed by atoms with van der Waals surface area (Å²) in [7, 11) is 0. The number of carbonyl (C=O) groups excluding carboxylic acids is 2. The molecule has 3 aromatic rings. The van der Waals surface area contributed by atoms with Gasteiger partial charge in [0.1, 0.15) is 5.75 Å². The summed E-state index contributed by atoms with van der Waals surface area (Å²) in [6.45, 7) is 3.99. The first kappa shape index (κ1) is 26.1. The minimum atomic E-state index is -0.500. The van der Waals surface area contributed by atoms with Crippen LogP contribution >= 0.6 is 24.0 Å². The van der Waals surface area contributed by atoms with Gasteiger partial charge in [0.15, 0.2) is 10.9 Å². The average molecular weight is 534 g/mol. The van der Waals surface area contributed by atoms with Crippen LogP contribution in [0.15, 0.2) is 77.7 Å². The third kappa shape index (κ3) is 6.22. The number of nitrogens with one attached hydrogen (secondary N) is 1. The lowest BCUT2D eigenvalue weighted by Gasteiger charge is -2.14. The summed E-state index contributed by atoms with van der Waals surface area (Å²) in [4.78, 5) is 37.5. The van der Waals surface area contributed by atoms with E-state index >= 15 is 0 Å². The van der Waals surface area contributed by atoms with E-state index in [-0.39, 0.29) is 30.0 Å². The van der Waals surface area contributed by atoms with Gasteiger partial charge in [0.2, 0.25) is 0 Å². The molecular weight excluding hydrogens is 510 g/mol. The van der Waals surface area contributed by atoms with Crippen molar-refractivity contribution in [2.24, 2.45) is 0 Å². The van der Waals surface area contributed by atoms with E-state index in [9.17, 15) is 19.7 Å². The van der Waals surface area contributed by atoms with Crippen LogP contribution in [0.3, 0.4) is 0 Å². The molecule has 0 unspecified atom stereocenters. The summed E-state index contributed by atoms with van der Waals surface area (Å²) in [5, 5.41) is 13.8. The van der Waals surface area contributed by atoms with Crippen LogP contribution < -0.4 is 15.0 Å². The van der Waals surface area contributed by atoms with Crippen LogP contribution in [0.2, 0.25) is 0 Å². The molecule has 4 rings (SSSR count). The van der Waals surface area contributed by atoms with Crippen molar-refractivity contribution in [3.63, 3.8) is 0 Å². The highest BCUT2D eigenvalue weighted by molar-refractivity contribution is 8.27. The molecule has 0 radical (unpaired) electrons. The van der Waals surface area contributed by atoms with Crippen LogP contribution in [0.25, 0.3) is 6.08 Å². The van der Waals surface area contributed by atoms with Crippen LogP contribution in [-0.4, -0.2) is 27.7 Å². The van der Waals surface area contributed by atoms with E-state index < -0.39 is 4.92 Å². The van der Waals surface area contributed by atoms with E-state index in [1.165, 1.54) is 29.2 Å². The first-order valence-electron chi connectivity index (χ1n) is 11.4. The van der Waals surface area contributed by atoms with Gasteiger partial charge in [-0.2, -0.15) is 0 Å². The SMILES string of the molecule is CC(C)c1ccccc1NC(=O)COc1ccc(/C=C2\SC(=S)N(c3ccc([N+](=O)[O-])cc3)C2=O)cc1. The van der Waals surface area contributed by atoms with Crippen LogP contribution in [0.5, 0.6) is 5.75 Å². The third-order valence-electron chi connectivity index (χ3n) is 5.52. The number of ether oxygens (including phenoxy) is 1. The number of nitro benzene ring substituents is 1. The Morgan fingerprint density at radius 2 is 1.78 bits per heavy atom. The number of hydrogen-bond acceptors (Lipinski definition) is 7. The Balaban J connectivity index is 1.37. The van der Waals surface area contributed by atoms with Crippen molar-refractivity contribution in [1.82, 2.24) is 0 Å². The molecule has 1 heterocycles. The molecule has 2 amide bonds. The van der Waals surface area contributed by atoms with Gasteiger partial charge in [-0.1, -0.05) is 68.2 Å². The smallest absolute Gasteiger partial charge is 0.270 e. The van der Waals surface area contributed by atoms with Crippen molar-refractivity contribution in [2.75, 3.05) is 16.8 Å². The van der Waals surface area contributed by atoms with Crippen LogP contribution in [0.4, 0.5) is 17.1 Å². The van der Waals surface area contributed by atoms with Gasteiger partial charge in [-0.15, -0.1) is 0 Å². The van der Waals surface area contributed by atoms with Gasteiger partial charge in [0, 0.05) is 17.8 Å². The zero-order valence-electron chi connectivity index (χ0n) is 20.0. The molecule has 0 saturated carbocycles. The second kappa shape index (κ2) is 11.4. The van der Waals surface area contributed by atoms with E-state index in [4.69, 9.17) is 17.0 Å². The molecule has 1 aliphatic rings. The van der Waals surface area contributed by atoms with E-state index in [2.05, 4.69) is 19.2 Å². The van der Waals surface area contributed by atoms with Crippen LogP contribution in [0.1, 0.15) is 30.9 Å². The maximum Gasteiger partial charge on any atom is 0.270 e. The largest absolute Gasteiger partial charge is 0.484 e. The molecule has 0 atom stereocenters. The summed E-state index contributed by atoms with van der Waals surface area (Å²) >= 11 is 6.52. The summed E-state index contributed by atoms with van der Waals surface area (Å²) in [6, 6.07) is 20.3. The predicted octanol–water partition coefficient (Wildman–Crippen LogP) is 6.14. The number of thioether (sulfide) groups is 1. The Bertz CT molecular complexity index is 1390. The summed E-state index contributed by atoms with van der Waals surface area (Å²) < 4.78 is 5.97. The topological polar surface area (TPSA) is 102 Å². The lowest BCUT2D eigenvalue weighted by atomic mass is 10.0. The molecule has 0 aliphatic carbocycles.